The Morgan fingerprint density at radius 1 is 1.25 bits per heavy atom. The lowest BCUT2D eigenvalue weighted by molar-refractivity contribution is 0.1000. The molecular formula is C15H14N4O. The number of aromatic nitrogens is 2. The quantitative estimate of drug-likeness (QED) is 0.677. The number of carbonyl (C=O) groups is 1. The molecular weight excluding hydrogens is 252 g/mol. The number of primary amides is 1. The van der Waals surface area contributed by atoms with Gasteiger partial charge in [-0.1, -0.05) is 12.1 Å². The number of carbonyl (C=O) groups excluding carboxylic acids is 1. The molecule has 0 aliphatic carbocycles. The molecule has 1 aromatic heterocycles. The zero-order valence-electron chi connectivity index (χ0n) is 10.8. The van der Waals surface area contributed by atoms with Gasteiger partial charge in [0.1, 0.15) is 0 Å². The van der Waals surface area contributed by atoms with E-state index in [4.69, 9.17) is 5.73 Å². The molecule has 5 nitrogen and oxygen atoms in total. The minimum Gasteiger partial charge on any atom is -0.381 e. The van der Waals surface area contributed by atoms with Crippen LogP contribution in [0.1, 0.15) is 15.9 Å². The van der Waals surface area contributed by atoms with Crippen LogP contribution in [0.15, 0.2) is 48.7 Å². The summed E-state index contributed by atoms with van der Waals surface area (Å²) in [5, 5.41) is 11.3. The van der Waals surface area contributed by atoms with Crippen molar-refractivity contribution in [2.45, 2.75) is 6.54 Å². The summed E-state index contributed by atoms with van der Waals surface area (Å²) in [6.45, 7) is 0.629. The molecule has 3 rings (SSSR count). The first-order valence-electron chi connectivity index (χ1n) is 6.28. The third kappa shape index (κ3) is 2.47. The Labute approximate surface area is 115 Å². The lowest BCUT2D eigenvalue weighted by atomic mass is 10.1. The van der Waals surface area contributed by atoms with Crippen molar-refractivity contribution < 1.29 is 4.79 Å². The fourth-order valence-corrected chi connectivity index (χ4v) is 2.09. The molecule has 0 atom stereocenters. The van der Waals surface area contributed by atoms with Gasteiger partial charge in [-0.15, -0.1) is 0 Å². The van der Waals surface area contributed by atoms with E-state index >= 15 is 0 Å². The SMILES string of the molecule is NC(=O)c1cccc(CNc2ccc3[nH]ncc3c2)c1. The van der Waals surface area contributed by atoms with Gasteiger partial charge in [0.15, 0.2) is 0 Å². The second kappa shape index (κ2) is 5.05. The van der Waals surface area contributed by atoms with Gasteiger partial charge in [-0.3, -0.25) is 9.89 Å². The summed E-state index contributed by atoms with van der Waals surface area (Å²) in [4.78, 5) is 11.1. The van der Waals surface area contributed by atoms with Crippen LogP contribution in [0.3, 0.4) is 0 Å². The zero-order valence-corrected chi connectivity index (χ0v) is 10.8. The Morgan fingerprint density at radius 3 is 3.00 bits per heavy atom. The molecule has 4 N–H and O–H groups in total. The highest BCUT2D eigenvalue weighted by Gasteiger charge is 2.02. The lowest BCUT2D eigenvalue weighted by Gasteiger charge is -2.07. The van der Waals surface area contributed by atoms with Crippen molar-refractivity contribution in [3.8, 4) is 0 Å². The predicted molar refractivity (Wildman–Crippen MR) is 78.4 cm³/mol. The maximum Gasteiger partial charge on any atom is 0.248 e. The minimum atomic E-state index is -0.410. The summed E-state index contributed by atoms with van der Waals surface area (Å²) in [5.41, 5.74) is 8.81. The molecule has 2 aromatic carbocycles. The number of rotatable bonds is 4. The van der Waals surface area contributed by atoms with Crippen molar-refractivity contribution >= 4 is 22.5 Å². The van der Waals surface area contributed by atoms with E-state index in [1.54, 1.807) is 18.3 Å². The fraction of sp³-hybridized carbons (Fsp3) is 0.0667. The molecule has 0 aliphatic rings. The Bertz CT molecular complexity index is 763. The molecule has 1 amide bonds. The van der Waals surface area contributed by atoms with E-state index in [0.29, 0.717) is 12.1 Å². The van der Waals surface area contributed by atoms with Crippen molar-refractivity contribution in [1.82, 2.24) is 10.2 Å². The number of anilines is 1. The number of amides is 1. The van der Waals surface area contributed by atoms with Gasteiger partial charge >= 0.3 is 0 Å². The van der Waals surface area contributed by atoms with Crippen molar-refractivity contribution in [1.29, 1.82) is 0 Å². The van der Waals surface area contributed by atoms with Crippen LogP contribution in [-0.2, 0) is 6.54 Å². The first-order chi connectivity index (χ1) is 9.72. The highest BCUT2D eigenvalue weighted by Crippen LogP contribution is 2.17. The molecule has 100 valence electrons. The van der Waals surface area contributed by atoms with Crippen LogP contribution in [-0.4, -0.2) is 16.1 Å². The number of benzene rings is 2. The minimum absolute atomic E-state index is 0.410. The van der Waals surface area contributed by atoms with E-state index in [2.05, 4.69) is 15.5 Å². The average molecular weight is 266 g/mol. The normalized spacial score (nSPS) is 10.6. The number of nitrogens with two attached hydrogens (primary N) is 1. The van der Waals surface area contributed by atoms with Crippen LogP contribution in [0, 0.1) is 0 Å². The summed E-state index contributed by atoms with van der Waals surface area (Å²) in [5.74, 6) is -0.410. The molecule has 5 heteroatoms. The Morgan fingerprint density at radius 2 is 2.15 bits per heavy atom. The summed E-state index contributed by atoms with van der Waals surface area (Å²) in [6.07, 6.45) is 1.79. The third-order valence-electron chi connectivity index (χ3n) is 3.15. The molecule has 0 unspecified atom stereocenters. The molecule has 0 radical (unpaired) electrons. The van der Waals surface area contributed by atoms with E-state index in [0.717, 1.165) is 22.2 Å². The first-order valence-corrected chi connectivity index (χ1v) is 6.28. The molecule has 0 spiro atoms. The number of hydrogen-bond acceptors (Lipinski definition) is 3. The Hall–Kier alpha value is -2.82. The third-order valence-corrected chi connectivity index (χ3v) is 3.15. The van der Waals surface area contributed by atoms with Gasteiger partial charge in [0.2, 0.25) is 5.91 Å². The lowest BCUT2D eigenvalue weighted by Crippen LogP contribution is -2.11. The molecule has 20 heavy (non-hydrogen) atoms. The van der Waals surface area contributed by atoms with Gasteiger partial charge in [0.05, 0.1) is 11.7 Å². The van der Waals surface area contributed by atoms with Crippen molar-refractivity contribution in [2.24, 2.45) is 5.73 Å². The van der Waals surface area contributed by atoms with Gasteiger partial charge in [0, 0.05) is 23.2 Å². The highest BCUT2D eigenvalue weighted by molar-refractivity contribution is 5.92. The number of nitrogens with zero attached hydrogens (tertiary/aromatic N) is 1. The number of aromatic amines is 1. The molecule has 0 aliphatic heterocycles. The summed E-state index contributed by atoms with van der Waals surface area (Å²) < 4.78 is 0. The van der Waals surface area contributed by atoms with Gasteiger partial charge in [0.25, 0.3) is 0 Å². The van der Waals surface area contributed by atoms with E-state index in [-0.39, 0.29) is 0 Å². The fourth-order valence-electron chi connectivity index (χ4n) is 2.09. The van der Waals surface area contributed by atoms with Gasteiger partial charge in [-0.05, 0) is 35.9 Å². The van der Waals surface area contributed by atoms with Crippen LogP contribution < -0.4 is 11.1 Å². The van der Waals surface area contributed by atoms with Crippen LogP contribution >= 0.6 is 0 Å². The largest absolute Gasteiger partial charge is 0.381 e. The monoisotopic (exact) mass is 266 g/mol. The maximum absolute atomic E-state index is 11.1. The number of nitrogens with one attached hydrogen (secondary N) is 2. The average Bonchev–Trinajstić information content (AvgIpc) is 2.93. The number of H-pyrrole nitrogens is 1. The molecule has 1 heterocycles. The zero-order chi connectivity index (χ0) is 13.9. The summed E-state index contributed by atoms with van der Waals surface area (Å²) >= 11 is 0. The van der Waals surface area contributed by atoms with E-state index in [1.165, 1.54) is 0 Å². The number of hydrogen-bond donors (Lipinski definition) is 3. The van der Waals surface area contributed by atoms with Gasteiger partial charge in [-0.2, -0.15) is 5.10 Å². The molecule has 0 fully saturated rings. The van der Waals surface area contributed by atoms with E-state index in [1.807, 2.05) is 30.3 Å². The van der Waals surface area contributed by atoms with E-state index in [9.17, 15) is 4.79 Å². The van der Waals surface area contributed by atoms with Crippen LogP contribution in [0.5, 0.6) is 0 Å². The maximum atomic E-state index is 11.1. The standard InChI is InChI=1S/C15H14N4O/c16-15(20)11-3-1-2-10(6-11)8-17-13-4-5-14-12(7-13)9-18-19-14/h1-7,9,17H,8H2,(H2,16,20)(H,18,19). The highest BCUT2D eigenvalue weighted by atomic mass is 16.1. The first kappa shape index (κ1) is 12.2. The summed E-state index contributed by atoms with van der Waals surface area (Å²) in [7, 11) is 0. The summed E-state index contributed by atoms with van der Waals surface area (Å²) in [6, 6.07) is 13.3. The smallest absolute Gasteiger partial charge is 0.248 e. The Kier molecular flexibility index (Phi) is 3.09. The molecule has 0 bridgehead atoms. The second-order valence-corrected chi connectivity index (χ2v) is 4.59. The van der Waals surface area contributed by atoms with Crippen molar-refractivity contribution in [2.75, 3.05) is 5.32 Å². The number of fused-ring (bicyclic) bond motifs is 1. The molecule has 3 aromatic rings. The van der Waals surface area contributed by atoms with Crippen molar-refractivity contribution in [3.63, 3.8) is 0 Å². The van der Waals surface area contributed by atoms with Crippen molar-refractivity contribution in [3.05, 3.63) is 59.8 Å². The van der Waals surface area contributed by atoms with Crippen LogP contribution in [0.25, 0.3) is 10.9 Å². The molecule has 0 saturated carbocycles. The second-order valence-electron chi connectivity index (χ2n) is 4.59. The van der Waals surface area contributed by atoms with Gasteiger partial charge < -0.3 is 11.1 Å². The Balaban J connectivity index is 1.75. The van der Waals surface area contributed by atoms with Crippen LogP contribution in [0.2, 0.25) is 0 Å². The van der Waals surface area contributed by atoms with E-state index < -0.39 is 5.91 Å². The topological polar surface area (TPSA) is 83.8 Å². The van der Waals surface area contributed by atoms with Crippen LogP contribution in [0.4, 0.5) is 5.69 Å². The van der Waals surface area contributed by atoms with Gasteiger partial charge in [-0.25, -0.2) is 0 Å². The predicted octanol–water partition coefficient (Wildman–Crippen LogP) is 2.27. The molecule has 0 saturated heterocycles.